The van der Waals surface area contributed by atoms with Gasteiger partial charge in [0.15, 0.2) is 0 Å². The smallest absolute Gasteiger partial charge is 0.0746 e. The van der Waals surface area contributed by atoms with Crippen molar-refractivity contribution in [1.82, 2.24) is 5.32 Å². The molecule has 0 aromatic carbocycles. The fourth-order valence-electron chi connectivity index (χ4n) is 1.59. The van der Waals surface area contributed by atoms with Crippen molar-refractivity contribution >= 4 is 0 Å². The molecule has 0 aliphatic carbocycles. The second-order valence-electron chi connectivity index (χ2n) is 5.51. The number of rotatable bonds is 6. The maximum Gasteiger partial charge on any atom is 0.0746 e. The minimum atomic E-state index is -0.714. The van der Waals surface area contributed by atoms with Gasteiger partial charge in [-0.25, -0.2) is 0 Å². The van der Waals surface area contributed by atoms with Crippen LogP contribution >= 0.6 is 0 Å². The lowest BCUT2D eigenvalue weighted by Crippen LogP contribution is -2.44. The first kappa shape index (κ1) is 13.9. The molecule has 3 heteroatoms. The highest BCUT2D eigenvalue weighted by molar-refractivity contribution is 4.79. The average Bonchev–Trinajstić information content (AvgIpc) is 1.78. The number of aliphatic hydroxyl groups is 2. The van der Waals surface area contributed by atoms with Gasteiger partial charge in [-0.05, 0) is 33.1 Å². The molecule has 0 aliphatic rings. The molecule has 1 atom stereocenters. The number of hydrogen-bond donors (Lipinski definition) is 3. The SMILES string of the molecule is CC(C)CC(C)(O)CNCC(C)(C)O. The normalized spacial score (nSPS) is 17.1. The molecule has 0 bridgehead atoms. The molecular weight excluding hydrogens is 178 g/mol. The van der Waals surface area contributed by atoms with Crippen molar-refractivity contribution in [3.05, 3.63) is 0 Å². The molecule has 3 nitrogen and oxygen atoms in total. The van der Waals surface area contributed by atoms with Gasteiger partial charge in [0.05, 0.1) is 11.2 Å². The van der Waals surface area contributed by atoms with Crippen molar-refractivity contribution in [2.75, 3.05) is 13.1 Å². The third kappa shape index (κ3) is 8.48. The molecular formula is C11H25NO2. The topological polar surface area (TPSA) is 52.5 Å². The fraction of sp³-hybridized carbons (Fsp3) is 1.00. The van der Waals surface area contributed by atoms with Crippen LogP contribution in [0.15, 0.2) is 0 Å². The van der Waals surface area contributed by atoms with Crippen LogP contribution in [0.4, 0.5) is 0 Å². The van der Waals surface area contributed by atoms with Gasteiger partial charge in [0.2, 0.25) is 0 Å². The van der Waals surface area contributed by atoms with E-state index in [0.29, 0.717) is 19.0 Å². The van der Waals surface area contributed by atoms with Gasteiger partial charge in [-0.1, -0.05) is 13.8 Å². The van der Waals surface area contributed by atoms with E-state index in [4.69, 9.17) is 0 Å². The fourth-order valence-corrected chi connectivity index (χ4v) is 1.59. The van der Waals surface area contributed by atoms with E-state index in [1.54, 1.807) is 13.8 Å². The highest BCUT2D eigenvalue weighted by atomic mass is 16.3. The first-order chi connectivity index (χ1) is 6.12. The first-order valence-electron chi connectivity index (χ1n) is 5.28. The summed E-state index contributed by atoms with van der Waals surface area (Å²) in [6.07, 6.45) is 0.770. The van der Waals surface area contributed by atoms with Gasteiger partial charge in [-0.15, -0.1) is 0 Å². The van der Waals surface area contributed by atoms with Crippen molar-refractivity contribution < 1.29 is 10.2 Å². The van der Waals surface area contributed by atoms with E-state index in [0.717, 1.165) is 6.42 Å². The van der Waals surface area contributed by atoms with Crippen molar-refractivity contribution in [2.45, 2.75) is 52.2 Å². The van der Waals surface area contributed by atoms with Gasteiger partial charge in [0, 0.05) is 13.1 Å². The van der Waals surface area contributed by atoms with Gasteiger partial charge in [-0.2, -0.15) is 0 Å². The van der Waals surface area contributed by atoms with E-state index >= 15 is 0 Å². The van der Waals surface area contributed by atoms with Crippen LogP contribution in [0.2, 0.25) is 0 Å². The summed E-state index contributed by atoms with van der Waals surface area (Å²) in [5.74, 6) is 0.480. The van der Waals surface area contributed by atoms with Crippen LogP contribution in [0, 0.1) is 5.92 Å². The lowest BCUT2D eigenvalue weighted by atomic mass is 9.94. The summed E-state index contributed by atoms with van der Waals surface area (Å²) >= 11 is 0. The summed E-state index contributed by atoms with van der Waals surface area (Å²) in [7, 11) is 0. The van der Waals surface area contributed by atoms with Gasteiger partial charge < -0.3 is 15.5 Å². The van der Waals surface area contributed by atoms with Crippen LogP contribution in [-0.2, 0) is 0 Å². The van der Waals surface area contributed by atoms with Crippen LogP contribution in [-0.4, -0.2) is 34.5 Å². The third-order valence-corrected chi connectivity index (χ3v) is 1.91. The van der Waals surface area contributed by atoms with Crippen LogP contribution in [0.1, 0.15) is 41.0 Å². The van der Waals surface area contributed by atoms with E-state index in [1.165, 1.54) is 0 Å². The minimum absolute atomic E-state index is 0.480. The molecule has 1 unspecified atom stereocenters. The zero-order valence-electron chi connectivity index (χ0n) is 10.1. The Bertz CT molecular complexity index is 159. The van der Waals surface area contributed by atoms with Crippen molar-refractivity contribution in [2.24, 2.45) is 5.92 Å². The van der Waals surface area contributed by atoms with E-state index in [9.17, 15) is 10.2 Å². The molecule has 0 saturated carbocycles. The summed E-state index contributed by atoms with van der Waals surface area (Å²) in [5, 5.41) is 22.5. The minimum Gasteiger partial charge on any atom is -0.389 e. The van der Waals surface area contributed by atoms with E-state index < -0.39 is 11.2 Å². The van der Waals surface area contributed by atoms with Crippen molar-refractivity contribution in [3.8, 4) is 0 Å². The molecule has 14 heavy (non-hydrogen) atoms. The molecule has 86 valence electrons. The molecule has 0 rings (SSSR count). The molecule has 0 aliphatic heterocycles. The molecule has 0 radical (unpaired) electrons. The molecule has 0 aromatic heterocycles. The number of nitrogens with one attached hydrogen (secondary N) is 1. The maximum absolute atomic E-state index is 9.94. The summed E-state index contributed by atoms with van der Waals surface area (Å²) in [4.78, 5) is 0. The summed E-state index contributed by atoms with van der Waals surface area (Å²) in [6.45, 7) is 10.5. The molecule has 0 amide bonds. The molecule has 0 spiro atoms. The Hall–Kier alpha value is -0.120. The average molecular weight is 203 g/mol. The lowest BCUT2D eigenvalue weighted by Gasteiger charge is -2.27. The van der Waals surface area contributed by atoms with Gasteiger partial charge in [0.1, 0.15) is 0 Å². The summed E-state index contributed by atoms with van der Waals surface area (Å²) in [6, 6.07) is 0. The van der Waals surface area contributed by atoms with Crippen LogP contribution in [0.5, 0.6) is 0 Å². The van der Waals surface area contributed by atoms with E-state index in [-0.39, 0.29) is 0 Å². The van der Waals surface area contributed by atoms with Crippen molar-refractivity contribution in [3.63, 3.8) is 0 Å². The molecule has 0 heterocycles. The Morgan fingerprint density at radius 3 is 1.93 bits per heavy atom. The van der Waals surface area contributed by atoms with Crippen LogP contribution in [0.25, 0.3) is 0 Å². The Morgan fingerprint density at radius 1 is 1.07 bits per heavy atom. The monoisotopic (exact) mass is 203 g/mol. The third-order valence-electron chi connectivity index (χ3n) is 1.91. The zero-order chi connectivity index (χ0) is 11.4. The largest absolute Gasteiger partial charge is 0.389 e. The van der Waals surface area contributed by atoms with Crippen LogP contribution in [0.3, 0.4) is 0 Å². The predicted octanol–water partition coefficient (Wildman–Crippen LogP) is 1.14. The molecule has 0 fully saturated rings. The van der Waals surface area contributed by atoms with E-state index in [1.807, 2.05) is 6.92 Å². The van der Waals surface area contributed by atoms with Gasteiger partial charge in [0.25, 0.3) is 0 Å². The standard InChI is InChI=1S/C11H25NO2/c1-9(2)6-11(5,14)8-12-7-10(3,4)13/h9,12-14H,6-8H2,1-5H3. The molecule has 0 aromatic rings. The predicted molar refractivity (Wildman–Crippen MR) is 59.2 cm³/mol. The lowest BCUT2D eigenvalue weighted by molar-refractivity contribution is 0.0270. The number of hydrogen-bond acceptors (Lipinski definition) is 3. The van der Waals surface area contributed by atoms with Gasteiger partial charge >= 0.3 is 0 Å². The van der Waals surface area contributed by atoms with Crippen LogP contribution < -0.4 is 5.32 Å². The maximum atomic E-state index is 9.94. The Balaban J connectivity index is 3.76. The van der Waals surface area contributed by atoms with Gasteiger partial charge in [-0.3, -0.25) is 0 Å². The second-order valence-corrected chi connectivity index (χ2v) is 5.51. The molecule has 0 saturated heterocycles. The highest BCUT2D eigenvalue weighted by Gasteiger charge is 2.22. The quantitative estimate of drug-likeness (QED) is 0.607. The Labute approximate surface area is 87.5 Å². The molecule has 3 N–H and O–H groups in total. The Morgan fingerprint density at radius 2 is 1.57 bits per heavy atom. The summed E-state index contributed by atoms with van der Waals surface area (Å²) in [5.41, 5.74) is -1.40. The van der Waals surface area contributed by atoms with Crippen molar-refractivity contribution in [1.29, 1.82) is 0 Å². The zero-order valence-corrected chi connectivity index (χ0v) is 10.1. The summed E-state index contributed by atoms with van der Waals surface area (Å²) < 4.78 is 0. The first-order valence-corrected chi connectivity index (χ1v) is 5.28. The second kappa shape index (κ2) is 5.10. The van der Waals surface area contributed by atoms with E-state index in [2.05, 4.69) is 19.2 Å². The Kier molecular flexibility index (Phi) is 5.06. The highest BCUT2D eigenvalue weighted by Crippen LogP contribution is 2.15.